The molecular weight excluding hydrogens is 273 g/mol. The van der Waals surface area contributed by atoms with Gasteiger partial charge in [-0.15, -0.1) is 0 Å². The summed E-state index contributed by atoms with van der Waals surface area (Å²) in [5.41, 5.74) is 1.86. The third kappa shape index (κ3) is 2.42. The van der Waals surface area contributed by atoms with E-state index in [0.717, 1.165) is 10.9 Å². The number of carbonyl (C=O) groups is 1. The average molecular weight is 284 g/mol. The molecule has 1 heterocycles. The summed E-state index contributed by atoms with van der Waals surface area (Å²) in [6.07, 6.45) is 0. The Hall–Kier alpha value is -1.32. The van der Waals surface area contributed by atoms with E-state index in [0.29, 0.717) is 27.9 Å². The number of hydrogen-bond acceptors (Lipinski definition) is 3. The highest BCUT2D eigenvalue weighted by atomic mass is 35.5. The normalized spacial score (nSPS) is 10.7. The molecule has 2 rings (SSSR count). The van der Waals surface area contributed by atoms with Crippen molar-refractivity contribution in [2.45, 2.75) is 13.8 Å². The molecule has 5 heteroatoms. The number of benzene rings is 1. The summed E-state index contributed by atoms with van der Waals surface area (Å²) in [5.74, 6) is -0.366. The Labute approximate surface area is 115 Å². The summed E-state index contributed by atoms with van der Waals surface area (Å²) in [5, 5.41) is 1.58. The second kappa shape index (κ2) is 5.12. The van der Waals surface area contributed by atoms with Crippen molar-refractivity contribution in [3.63, 3.8) is 0 Å². The fraction of sp³-hybridized carbons (Fsp3) is 0.231. The number of halogens is 2. The Morgan fingerprint density at radius 1 is 1.33 bits per heavy atom. The molecule has 0 amide bonds. The first-order valence-corrected chi connectivity index (χ1v) is 6.22. The van der Waals surface area contributed by atoms with Gasteiger partial charge in [-0.25, -0.2) is 9.78 Å². The lowest BCUT2D eigenvalue weighted by molar-refractivity contribution is 0.0525. The Balaban J connectivity index is 2.64. The van der Waals surface area contributed by atoms with E-state index in [-0.39, 0.29) is 5.97 Å². The van der Waals surface area contributed by atoms with Crippen LogP contribution in [0, 0.1) is 6.92 Å². The number of ether oxygens (including phenoxy) is 1. The third-order valence-electron chi connectivity index (χ3n) is 2.57. The zero-order chi connectivity index (χ0) is 13.3. The molecule has 0 unspecified atom stereocenters. The largest absolute Gasteiger partial charge is 0.462 e. The lowest BCUT2D eigenvalue weighted by Gasteiger charge is -2.08. The molecule has 0 fully saturated rings. The van der Waals surface area contributed by atoms with Crippen LogP contribution < -0.4 is 0 Å². The van der Waals surface area contributed by atoms with Crippen molar-refractivity contribution in [2.75, 3.05) is 6.61 Å². The van der Waals surface area contributed by atoms with Crippen molar-refractivity contribution in [2.24, 2.45) is 0 Å². The van der Waals surface area contributed by atoms with Crippen molar-refractivity contribution in [1.29, 1.82) is 0 Å². The standard InChI is InChI=1S/C13H11Cl2NO2/c1-3-18-13(17)8-5-11-9(4-7(8)2)10(14)6-12(15)16-11/h4-6H,3H2,1-2H3. The van der Waals surface area contributed by atoms with Gasteiger partial charge in [0, 0.05) is 5.39 Å². The van der Waals surface area contributed by atoms with Gasteiger partial charge >= 0.3 is 5.97 Å². The first-order chi connectivity index (χ1) is 8.52. The van der Waals surface area contributed by atoms with E-state index in [9.17, 15) is 4.79 Å². The van der Waals surface area contributed by atoms with Crippen LogP contribution in [0.1, 0.15) is 22.8 Å². The van der Waals surface area contributed by atoms with Gasteiger partial charge in [0.2, 0.25) is 0 Å². The van der Waals surface area contributed by atoms with Gasteiger partial charge in [0.15, 0.2) is 0 Å². The molecule has 18 heavy (non-hydrogen) atoms. The predicted octanol–water partition coefficient (Wildman–Crippen LogP) is 4.03. The summed E-state index contributed by atoms with van der Waals surface area (Å²) >= 11 is 11.9. The van der Waals surface area contributed by atoms with Gasteiger partial charge in [0.25, 0.3) is 0 Å². The van der Waals surface area contributed by atoms with E-state index in [1.807, 2.05) is 13.0 Å². The quantitative estimate of drug-likeness (QED) is 0.617. The van der Waals surface area contributed by atoms with E-state index < -0.39 is 0 Å². The van der Waals surface area contributed by atoms with Crippen LogP contribution in [-0.2, 0) is 4.74 Å². The van der Waals surface area contributed by atoms with Crippen molar-refractivity contribution >= 4 is 40.1 Å². The van der Waals surface area contributed by atoms with Gasteiger partial charge < -0.3 is 4.74 Å². The molecule has 0 saturated carbocycles. The summed E-state index contributed by atoms with van der Waals surface area (Å²) in [7, 11) is 0. The maximum atomic E-state index is 11.8. The predicted molar refractivity (Wildman–Crippen MR) is 72.5 cm³/mol. The van der Waals surface area contributed by atoms with Crippen LogP contribution in [-0.4, -0.2) is 17.6 Å². The first kappa shape index (κ1) is 13.1. The minimum atomic E-state index is -0.366. The number of pyridine rings is 1. The van der Waals surface area contributed by atoms with Gasteiger partial charge in [-0.1, -0.05) is 23.2 Å². The van der Waals surface area contributed by atoms with E-state index in [4.69, 9.17) is 27.9 Å². The lowest BCUT2D eigenvalue weighted by atomic mass is 10.1. The van der Waals surface area contributed by atoms with Gasteiger partial charge in [0.05, 0.1) is 22.7 Å². The smallest absolute Gasteiger partial charge is 0.338 e. The van der Waals surface area contributed by atoms with E-state index in [1.54, 1.807) is 19.1 Å². The maximum Gasteiger partial charge on any atom is 0.338 e. The van der Waals surface area contributed by atoms with Gasteiger partial charge in [-0.3, -0.25) is 0 Å². The molecule has 0 radical (unpaired) electrons. The summed E-state index contributed by atoms with van der Waals surface area (Å²) < 4.78 is 4.99. The topological polar surface area (TPSA) is 39.2 Å². The molecule has 3 nitrogen and oxygen atoms in total. The fourth-order valence-corrected chi connectivity index (χ4v) is 2.25. The van der Waals surface area contributed by atoms with Crippen molar-refractivity contribution in [3.8, 4) is 0 Å². The molecule has 2 aromatic rings. The number of fused-ring (bicyclic) bond motifs is 1. The number of esters is 1. The van der Waals surface area contributed by atoms with E-state index >= 15 is 0 Å². The highest BCUT2D eigenvalue weighted by molar-refractivity contribution is 6.37. The summed E-state index contributed by atoms with van der Waals surface area (Å²) in [6, 6.07) is 5.04. The first-order valence-electron chi connectivity index (χ1n) is 5.46. The fourth-order valence-electron chi connectivity index (χ4n) is 1.74. The second-order valence-corrected chi connectivity index (χ2v) is 4.63. The summed E-state index contributed by atoms with van der Waals surface area (Å²) in [6.45, 7) is 3.93. The zero-order valence-corrected chi connectivity index (χ0v) is 11.5. The monoisotopic (exact) mass is 283 g/mol. The number of carbonyl (C=O) groups excluding carboxylic acids is 1. The second-order valence-electron chi connectivity index (χ2n) is 3.83. The molecule has 0 aliphatic rings. The lowest BCUT2D eigenvalue weighted by Crippen LogP contribution is -2.06. The van der Waals surface area contributed by atoms with Crippen LogP contribution in [0.25, 0.3) is 10.9 Å². The van der Waals surface area contributed by atoms with E-state index in [2.05, 4.69) is 4.98 Å². The maximum absolute atomic E-state index is 11.8. The Bertz CT molecular complexity index is 626. The molecule has 0 N–H and O–H groups in total. The molecule has 1 aromatic carbocycles. The van der Waals surface area contributed by atoms with Gasteiger partial charge in [-0.05, 0) is 37.6 Å². The zero-order valence-electron chi connectivity index (χ0n) is 9.96. The molecule has 1 aromatic heterocycles. The third-order valence-corrected chi connectivity index (χ3v) is 3.07. The highest BCUT2D eigenvalue weighted by Crippen LogP contribution is 2.28. The molecular formula is C13H11Cl2NO2. The molecule has 0 saturated heterocycles. The molecule has 0 aliphatic heterocycles. The number of rotatable bonds is 2. The van der Waals surface area contributed by atoms with Crippen LogP contribution in [0.2, 0.25) is 10.2 Å². The number of hydrogen-bond donors (Lipinski definition) is 0. The SMILES string of the molecule is CCOC(=O)c1cc2nc(Cl)cc(Cl)c2cc1C. The Morgan fingerprint density at radius 2 is 2.06 bits per heavy atom. The van der Waals surface area contributed by atoms with Crippen LogP contribution in [0.3, 0.4) is 0 Å². The van der Waals surface area contributed by atoms with E-state index in [1.165, 1.54) is 0 Å². The minimum Gasteiger partial charge on any atom is -0.462 e. The molecule has 0 atom stereocenters. The number of aryl methyl sites for hydroxylation is 1. The Kier molecular flexibility index (Phi) is 3.73. The van der Waals surface area contributed by atoms with Crippen molar-refractivity contribution < 1.29 is 9.53 Å². The number of nitrogens with zero attached hydrogens (tertiary/aromatic N) is 1. The molecule has 0 bridgehead atoms. The minimum absolute atomic E-state index is 0.297. The molecule has 0 aliphatic carbocycles. The highest BCUT2D eigenvalue weighted by Gasteiger charge is 2.13. The van der Waals surface area contributed by atoms with Crippen molar-refractivity contribution in [1.82, 2.24) is 4.98 Å². The summed E-state index contributed by atoms with van der Waals surface area (Å²) in [4.78, 5) is 15.9. The van der Waals surface area contributed by atoms with Crippen LogP contribution in [0.5, 0.6) is 0 Å². The van der Waals surface area contributed by atoms with Crippen LogP contribution >= 0.6 is 23.2 Å². The number of aromatic nitrogens is 1. The Morgan fingerprint density at radius 3 is 2.72 bits per heavy atom. The van der Waals surface area contributed by atoms with Crippen LogP contribution in [0.4, 0.5) is 0 Å². The van der Waals surface area contributed by atoms with Crippen LogP contribution in [0.15, 0.2) is 18.2 Å². The molecule has 0 spiro atoms. The van der Waals surface area contributed by atoms with Crippen molar-refractivity contribution in [3.05, 3.63) is 39.5 Å². The molecule has 94 valence electrons. The van der Waals surface area contributed by atoms with Gasteiger partial charge in [0.1, 0.15) is 5.15 Å². The van der Waals surface area contributed by atoms with Gasteiger partial charge in [-0.2, -0.15) is 0 Å². The average Bonchev–Trinajstić information content (AvgIpc) is 2.29.